The second kappa shape index (κ2) is 9.60. The van der Waals surface area contributed by atoms with E-state index in [1.807, 2.05) is 90.8 Å². The Morgan fingerprint density at radius 3 is 2.09 bits per heavy atom. The van der Waals surface area contributed by atoms with Crippen LogP contribution in [0.15, 0.2) is 84.9 Å². The van der Waals surface area contributed by atoms with Crippen molar-refractivity contribution in [2.75, 3.05) is 13.7 Å². The number of carbonyl (C=O) groups excluding carboxylic acids is 2. The molecule has 0 aliphatic carbocycles. The van der Waals surface area contributed by atoms with E-state index < -0.39 is 5.54 Å². The number of imide groups is 1. The minimum absolute atomic E-state index is 0.0498. The Hall–Kier alpha value is -3.55. The number of amides is 3. The van der Waals surface area contributed by atoms with E-state index >= 15 is 0 Å². The summed E-state index contributed by atoms with van der Waals surface area (Å²) in [4.78, 5) is 35.2. The maximum absolute atomic E-state index is 13.9. The number of fused-ring (bicyclic) bond motifs is 1. The number of hydrogen-bond acceptors (Lipinski definition) is 5. The normalized spacial score (nSPS) is 16.1. The molecule has 4 aromatic rings. The van der Waals surface area contributed by atoms with Crippen molar-refractivity contribution in [3.05, 3.63) is 101 Å². The Bertz CT molecular complexity index is 1260. The summed E-state index contributed by atoms with van der Waals surface area (Å²) in [6.45, 7) is 2.24. The fourth-order valence-electron chi connectivity index (χ4n) is 4.60. The molecule has 2 heterocycles. The summed E-state index contributed by atoms with van der Waals surface area (Å²) in [6.07, 6.45) is 0.863. The molecule has 1 aromatic heterocycles. The summed E-state index contributed by atoms with van der Waals surface area (Å²) < 4.78 is 1.13. The fraction of sp³-hybridized carbons (Fsp3) is 0.250. The Morgan fingerprint density at radius 2 is 1.49 bits per heavy atom. The van der Waals surface area contributed by atoms with Crippen LogP contribution in [-0.4, -0.2) is 46.0 Å². The summed E-state index contributed by atoms with van der Waals surface area (Å²) in [6, 6.07) is 27.3. The monoisotopic (exact) mass is 484 g/mol. The lowest BCUT2D eigenvalue weighted by molar-refractivity contribution is -0.132. The standard InChI is InChI=1S/C28H28N4O2S/c1-20(25-29-23-15-9-10-16-24(23)35-25)31(2)19-32-26(33)28(30-27(32)34,17-21-11-5-3-6-12-21)18-22-13-7-4-8-14-22/h3-16,20H,17-19H2,1-2H3,(H,30,34). The van der Waals surface area contributed by atoms with E-state index in [2.05, 4.69) is 18.3 Å². The van der Waals surface area contributed by atoms with Crippen LogP contribution < -0.4 is 5.32 Å². The van der Waals surface area contributed by atoms with Gasteiger partial charge in [0.1, 0.15) is 10.5 Å². The van der Waals surface area contributed by atoms with Gasteiger partial charge in [-0.2, -0.15) is 0 Å². The molecule has 7 heteroatoms. The highest BCUT2D eigenvalue weighted by Gasteiger charge is 2.51. The second-order valence-corrected chi connectivity index (χ2v) is 10.2. The van der Waals surface area contributed by atoms with Gasteiger partial charge in [0, 0.05) is 12.8 Å². The number of para-hydroxylation sites is 1. The third-order valence-corrected chi connectivity index (χ3v) is 7.84. The Morgan fingerprint density at radius 1 is 0.914 bits per heavy atom. The molecular formula is C28H28N4O2S. The molecule has 178 valence electrons. The second-order valence-electron chi connectivity index (χ2n) is 9.16. The van der Waals surface area contributed by atoms with Gasteiger partial charge in [-0.15, -0.1) is 11.3 Å². The highest BCUT2D eigenvalue weighted by molar-refractivity contribution is 7.18. The van der Waals surface area contributed by atoms with Gasteiger partial charge in [0.05, 0.1) is 22.9 Å². The number of nitrogens with zero attached hydrogens (tertiary/aromatic N) is 3. The van der Waals surface area contributed by atoms with Crippen molar-refractivity contribution >= 4 is 33.5 Å². The van der Waals surface area contributed by atoms with Gasteiger partial charge in [0.2, 0.25) is 0 Å². The van der Waals surface area contributed by atoms with Gasteiger partial charge < -0.3 is 5.32 Å². The van der Waals surface area contributed by atoms with E-state index in [9.17, 15) is 9.59 Å². The van der Waals surface area contributed by atoms with Crippen LogP contribution in [0.5, 0.6) is 0 Å². The molecule has 3 aromatic carbocycles. The van der Waals surface area contributed by atoms with Gasteiger partial charge in [-0.1, -0.05) is 72.8 Å². The van der Waals surface area contributed by atoms with Gasteiger partial charge in [-0.05, 0) is 37.2 Å². The Labute approximate surface area is 209 Å². The predicted molar refractivity (Wildman–Crippen MR) is 139 cm³/mol. The van der Waals surface area contributed by atoms with E-state index in [1.54, 1.807) is 11.3 Å². The SMILES string of the molecule is CC(c1nc2ccccc2s1)N(C)CN1C(=O)NC(Cc2ccccc2)(Cc2ccccc2)C1=O. The minimum Gasteiger partial charge on any atom is -0.322 e. The lowest BCUT2D eigenvalue weighted by atomic mass is 9.84. The summed E-state index contributed by atoms with van der Waals surface area (Å²) in [5, 5.41) is 4.03. The first kappa shape index (κ1) is 23.2. The van der Waals surface area contributed by atoms with Crippen LogP contribution >= 0.6 is 11.3 Å². The van der Waals surface area contributed by atoms with Crippen LogP contribution in [0.4, 0.5) is 4.79 Å². The maximum atomic E-state index is 13.9. The predicted octanol–water partition coefficient (Wildman–Crippen LogP) is 5.02. The number of thiazole rings is 1. The van der Waals surface area contributed by atoms with E-state index in [0.29, 0.717) is 12.8 Å². The number of rotatable bonds is 8. The van der Waals surface area contributed by atoms with E-state index in [0.717, 1.165) is 26.4 Å². The zero-order chi connectivity index (χ0) is 24.4. The van der Waals surface area contributed by atoms with Crippen LogP contribution in [0, 0.1) is 0 Å². The van der Waals surface area contributed by atoms with E-state index in [1.165, 1.54) is 4.90 Å². The smallest absolute Gasteiger partial charge is 0.322 e. The summed E-state index contributed by atoms with van der Waals surface area (Å²) in [7, 11) is 1.92. The Kier molecular flexibility index (Phi) is 6.36. The number of nitrogens with one attached hydrogen (secondary N) is 1. The minimum atomic E-state index is -1.03. The number of hydrogen-bond donors (Lipinski definition) is 1. The molecule has 3 amide bonds. The molecule has 6 nitrogen and oxygen atoms in total. The van der Waals surface area contributed by atoms with Crippen LogP contribution in [0.25, 0.3) is 10.2 Å². The number of carbonyl (C=O) groups is 2. The zero-order valence-electron chi connectivity index (χ0n) is 19.8. The molecular weight excluding hydrogens is 456 g/mol. The lowest BCUT2D eigenvalue weighted by Crippen LogP contribution is -2.51. The molecule has 0 saturated carbocycles. The van der Waals surface area contributed by atoms with Gasteiger partial charge in [-0.25, -0.2) is 14.7 Å². The molecule has 1 N–H and O–H groups in total. The fourth-order valence-corrected chi connectivity index (χ4v) is 5.68. The van der Waals surface area contributed by atoms with Crippen LogP contribution in [0.2, 0.25) is 0 Å². The molecule has 1 aliphatic rings. The highest BCUT2D eigenvalue weighted by atomic mass is 32.1. The number of urea groups is 1. The molecule has 1 unspecified atom stereocenters. The number of aromatic nitrogens is 1. The average molecular weight is 485 g/mol. The third-order valence-electron chi connectivity index (χ3n) is 6.64. The largest absolute Gasteiger partial charge is 0.326 e. The Balaban J connectivity index is 1.39. The van der Waals surface area contributed by atoms with Gasteiger partial charge >= 0.3 is 6.03 Å². The summed E-state index contributed by atoms with van der Waals surface area (Å²) >= 11 is 1.64. The van der Waals surface area contributed by atoms with Gasteiger partial charge in [-0.3, -0.25) is 9.69 Å². The van der Waals surface area contributed by atoms with Crippen molar-refractivity contribution in [3.8, 4) is 0 Å². The topological polar surface area (TPSA) is 65.5 Å². The molecule has 1 saturated heterocycles. The molecule has 1 atom stereocenters. The van der Waals surface area contributed by atoms with Crippen molar-refractivity contribution in [1.29, 1.82) is 0 Å². The molecule has 1 aliphatic heterocycles. The van der Waals surface area contributed by atoms with Crippen LogP contribution in [0.3, 0.4) is 0 Å². The van der Waals surface area contributed by atoms with Crippen molar-refractivity contribution in [1.82, 2.24) is 20.1 Å². The summed E-state index contributed by atoms with van der Waals surface area (Å²) in [5.74, 6) is -0.196. The van der Waals surface area contributed by atoms with Crippen molar-refractivity contribution in [3.63, 3.8) is 0 Å². The molecule has 0 spiro atoms. The highest BCUT2D eigenvalue weighted by Crippen LogP contribution is 2.31. The van der Waals surface area contributed by atoms with Gasteiger partial charge in [0.25, 0.3) is 5.91 Å². The first-order chi connectivity index (χ1) is 16.9. The van der Waals surface area contributed by atoms with Crippen molar-refractivity contribution in [2.45, 2.75) is 31.3 Å². The molecule has 0 radical (unpaired) electrons. The molecule has 5 rings (SSSR count). The van der Waals surface area contributed by atoms with E-state index in [-0.39, 0.29) is 24.6 Å². The van der Waals surface area contributed by atoms with Crippen molar-refractivity contribution < 1.29 is 9.59 Å². The first-order valence-corrected chi connectivity index (χ1v) is 12.5. The van der Waals surface area contributed by atoms with E-state index in [4.69, 9.17) is 4.98 Å². The van der Waals surface area contributed by atoms with Crippen LogP contribution in [-0.2, 0) is 17.6 Å². The average Bonchev–Trinajstić information content (AvgIpc) is 3.40. The lowest BCUT2D eigenvalue weighted by Gasteiger charge is -2.29. The molecule has 0 bridgehead atoms. The quantitative estimate of drug-likeness (QED) is 0.357. The first-order valence-electron chi connectivity index (χ1n) is 11.7. The van der Waals surface area contributed by atoms with Crippen LogP contribution in [0.1, 0.15) is 29.1 Å². The number of benzene rings is 3. The zero-order valence-corrected chi connectivity index (χ0v) is 20.7. The maximum Gasteiger partial charge on any atom is 0.326 e. The van der Waals surface area contributed by atoms with Crippen molar-refractivity contribution in [2.24, 2.45) is 0 Å². The summed E-state index contributed by atoms with van der Waals surface area (Å²) in [5.41, 5.74) is 1.96. The molecule has 1 fully saturated rings. The third kappa shape index (κ3) is 4.70. The molecule has 35 heavy (non-hydrogen) atoms. The van der Waals surface area contributed by atoms with Gasteiger partial charge in [0.15, 0.2) is 0 Å².